The Bertz CT molecular complexity index is 422. The van der Waals surface area contributed by atoms with Crippen molar-refractivity contribution in [3.63, 3.8) is 0 Å². The highest BCUT2D eigenvalue weighted by Gasteiger charge is 2.33. The highest BCUT2D eigenvalue weighted by Crippen LogP contribution is 2.35. The fraction of sp³-hybridized carbons (Fsp3) is 0.625. The first-order valence-corrected chi connectivity index (χ1v) is 7.30. The Morgan fingerprint density at radius 2 is 2.10 bits per heavy atom. The molecule has 2 rings (SSSR count). The summed E-state index contributed by atoms with van der Waals surface area (Å²) in [7, 11) is 3.40. The minimum absolute atomic E-state index is 0.179. The second-order valence-electron chi connectivity index (χ2n) is 5.10. The maximum absolute atomic E-state index is 5.98. The molecule has 0 aromatic heterocycles. The van der Waals surface area contributed by atoms with E-state index in [-0.39, 0.29) is 12.1 Å². The molecule has 0 radical (unpaired) electrons. The van der Waals surface area contributed by atoms with Crippen molar-refractivity contribution in [3.8, 4) is 5.75 Å². The van der Waals surface area contributed by atoms with Gasteiger partial charge in [-0.05, 0) is 36.2 Å². The zero-order chi connectivity index (χ0) is 14.4. The van der Waals surface area contributed by atoms with Gasteiger partial charge in [-0.15, -0.1) is 0 Å². The number of hydrogen-bond acceptors (Lipinski definition) is 4. The third-order valence-corrected chi connectivity index (χ3v) is 3.71. The Kier molecular flexibility index (Phi) is 5.83. The van der Waals surface area contributed by atoms with Crippen molar-refractivity contribution in [2.75, 3.05) is 34.0 Å². The van der Waals surface area contributed by atoms with E-state index in [0.29, 0.717) is 13.2 Å². The van der Waals surface area contributed by atoms with Crippen LogP contribution in [0.3, 0.4) is 0 Å². The fourth-order valence-corrected chi connectivity index (χ4v) is 2.69. The van der Waals surface area contributed by atoms with Crippen LogP contribution in [0.25, 0.3) is 0 Å². The molecule has 0 bridgehead atoms. The molecular formula is C16H25NO3. The molecule has 0 amide bonds. The molecular weight excluding hydrogens is 254 g/mol. The van der Waals surface area contributed by atoms with Crippen LogP contribution in [0.4, 0.5) is 0 Å². The van der Waals surface area contributed by atoms with Crippen molar-refractivity contribution in [3.05, 3.63) is 29.3 Å². The number of hydrogen-bond donors (Lipinski definition) is 1. The summed E-state index contributed by atoms with van der Waals surface area (Å²) in [5, 5.41) is 3.59. The molecule has 0 spiro atoms. The normalized spacial score (nSPS) is 20.9. The quantitative estimate of drug-likeness (QED) is 0.741. The number of ether oxygens (including phenoxy) is 3. The summed E-state index contributed by atoms with van der Waals surface area (Å²) in [5.41, 5.74) is 2.65. The first-order valence-electron chi connectivity index (χ1n) is 7.30. The van der Waals surface area contributed by atoms with Gasteiger partial charge in [-0.1, -0.05) is 13.0 Å². The molecule has 1 aliphatic rings. The summed E-state index contributed by atoms with van der Waals surface area (Å²) >= 11 is 0. The average Bonchev–Trinajstić information content (AvgIpc) is 2.82. The third-order valence-electron chi connectivity index (χ3n) is 3.71. The summed E-state index contributed by atoms with van der Waals surface area (Å²) in [4.78, 5) is 0. The molecule has 0 fully saturated rings. The van der Waals surface area contributed by atoms with Crippen LogP contribution in [0.2, 0.25) is 0 Å². The smallest absolute Gasteiger partial charge is 0.119 e. The lowest BCUT2D eigenvalue weighted by Crippen LogP contribution is -2.32. The third kappa shape index (κ3) is 3.51. The van der Waals surface area contributed by atoms with E-state index in [2.05, 4.69) is 24.4 Å². The van der Waals surface area contributed by atoms with Crippen molar-refractivity contribution < 1.29 is 14.2 Å². The summed E-state index contributed by atoms with van der Waals surface area (Å²) in [6.45, 7) is 4.44. The van der Waals surface area contributed by atoms with Gasteiger partial charge in [0.15, 0.2) is 0 Å². The number of nitrogens with one attached hydrogen (secondary N) is 1. The molecule has 1 aromatic carbocycles. The fourth-order valence-electron chi connectivity index (χ4n) is 2.69. The van der Waals surface area contributed by atoms with Crippen LogP contribution < -0.4 is 10.1 Å². The highest BCUT2D eigenvalue weighted by atomic mass is 16.5. The van der Waals surface area contributed by atoms with Gasteiger partial charge in [-0.2, -0.15) is 0 Å². The van der Waals surface area contributed by atoms with E-state index < -0.39 is 0 Å². The van der Waals surface area contributed by atoms with Crippen molar-refractivity contribution in [1.82, 2.24) is 5.32 Å². The second-order valence-corrected chi connectivity index (χ2v) is 5.10. The Hall–Kier alpha value is -1.10. The monoisotopic (exact) mass is 279 g/mol. The Morgan fingerprint density at radius 3 is 2.80 bits per heavy atom. The largest absolute Gasteiger partial charge is 0.497 e. The lowest BCUT2D eigenvalue weighted by molar-refractivity contribution is 0.00435. The van der Waals surface area contributed by atoms with Gasteiger partial charge in [-0.25, -0.2) is 0 Å². The van der Waals surface area contributed by atoms with Crippen LogP contribution in [-0.2, 0) is 15.9 Å². The van der Waals surface area contributed by atoms with E-state index in [1.165, 1.54) is 11.1 Å². The van der Waals surface area contributed by atoms with Crippen LogP contribution in [0.5, 0.6) is 5.75 Å². The zero-order valence-electron chi connectivity index (χ0n) is 12.6. The van der Waals surface area contributed by atoms with E-state index in [9.17, 15) is 0 Å². The molecule has 0 saturated heterocycles. The predicted molar refractivity (Wildman–Crippen MR) is 79.3 cm³/mol. The summed E-state index contributed by atoms with van der Waals surface area (Å²) in [5.74, 6) is 0.907. The van der Waals surface area contributed by atoms with E-state index in [1.54, 1.807) is 14.2 Å². The maximum Gasteiger partial charge on any atom is 0.119 e. The molecule has 0 heterocycles. The molecule has 1 aromatic rings. The predicted octanol–water partition coefficient (Wildman–Crippen LogP) is 2.32. The molecule has 0 aliphatic heterocycles. The lowest BCUT2D eigenvalue weighted by atomic mass is 10.1. The van der Waals surface area contributed by atoms with Gasteiger partial charge >= 0.3 is 0 Å². The van der Waals surface area contributed by atoms with Gasteiger partial charge in [0.1, 0.15) is 5.75 Å². The Labute approximate surface area is 121 Å². The van der Waals surface area contributed by atoms with Crippen LogP contribution in [-0.4, -0.2) is 40.1 Å². The van der Waals surface area contributed by atoms with E-state index in [1.807, 2.05) is 6.07 Å². The van der Waals surface area contributed by atoms with Crippen LogP contribution in [0, 0.1) is 0 Å². The van der Waals surface area contributed by atoms with Gasteiger partial charge in [-0.3, -0.25) is 0 Å². The first kappa shape index (κ1) is 15.3. The number of methoxy groups -OCH3 is 2. The van der Waals surface area contributed by atoms with Gasteiger partial charge in [0, 0.05) is 13.5 Å². The lowest BCUT2D eigenvalue weighted by Gasteiger charge is -2.22. The molecule has 1 aliphatic carbocycles. The number of rotatable bonds is 8. The molecule has 1 N–H and O–H groups in total. The van der Waals surface area contributed by atoms with E-state index in [4.69, 9.17) is 14.2 Å². The Balaban J connectivity index is 2.11. The van der Waals surface area contributed by atoms with E-state index in [0.717, 1.165) is 25.1 Å². The highest BCUT2D eigenvalue weighted by molar-refractivity contribution is 5.42. The van der Waals surface area contributed by atoms with Crippen molar-refractivity contribution in [1.29, 1.82) is 0 Å². The van der Waals surface area contributed by atoms with Gasteiger partial charge in [0.25, 0.3) is 0 Å². The molecule has 20 heavy (non-hydrogen) atoms. The molecule has 112 valence electrons. The Morgan fingerprint density at radius 1 is 1.25 bits per heavy atom. The van der Waals surface area contributed by atoms with E-state index >= 15 is 0 Å². The standard InChI is InChI=1S/C16H25NO3/c1-4-7-17-16-14-11-13(19-3)6-5-12(14)10-15(16)20-9-8-18-2/h5-6,11,15-17H,4,7-10H2,1-3H3. The number of benzene rings is 1. The summed E-state index contributed by atoms with van der Waals surface area (Å²) < 4.78 is 16.4. The minimum atomic E-state index is 0.179. The molecule has 2 unspecified atom stereocenters. The SMILES string of the molecule is CCCNC1c2cc(OC)ccc2CC1OCCOC. The molecule has 0 saturated carbocycles. The first-order chi connectivity index (χ1) is 9.80. The van der Waals surface area contributed by atoms with Gasteiger partial charge in [0.05, 0.1) is 32.5 Å². The topological polar surface area (TPSA) is 39.7 Å². The second kappa shape index (κ2) is 7.62. The van der Waals surface area contributed by atoms with Crippen LogP contribution in [0.1, 0.15) is 30.5 Å². The molecule has 2 atom stereocenters. The summed E-state index contributed by atoms with van der Waals surface area (Å²) in [6, 6.07) is 6.54. The van der Waals surface area contributed by atoms with Crippen LogP contribution >= 0.6 is 0 Å². The molecule has 4 heteroatoms. The van der Waals surface area contributed by atoms with Gasteiger partial charge in [0.2, 0.25) is 0 Å². The number of fused-ring (bicyclic) bond motifs is 1. The van der Waals surface area contributed by atoms with Crippen molar-refractivity contribution in [2.45, 2.75) is 31.9 Å². The van der Waals surface area contributed by atoms with Crippen molar-refractivity contribution in [2.24, 2.45) is 0 Å². The van der Waals surface area contributed by atoms with Crippen LogP contribution in [0.15, 0.2) is 18.2 Å². The van der Waals surface area contributed by atoms with Gasteiger partial charge < -0.3 is 19.5 Å². The summed E-state index contributed by atoms with van der Waals surface area (Å²) in [6.07, 6.45) is 2.24. The minimum Gasteiger partial charge on any atom is -0.497 e. The maximum atomic E-state index is 5.98. The average molecular weight is 279 g/mol. The molecule has 4 nitrogen and oxygen atoms in total. The van der Waals surface area contributed by atoms with Crippen molar-refractivity contribution >= 4 is 0 Å². The zero-order valence-corrected chi connectivity index (χ0v) is 12.6.